The standard InChI is InChI=1S/C24H23N5O6/c1-31-16-8-15(9-17(10-16)32-2)27-24(30)21-20(28-23-14(11-25)12-26-29(21)23)13-6-18(33-3)22(35-5)19(7-13)34-4/h6-10,12,28H,1-5H3,(H,27,30). The SMILES string of the molecule is COc1cc(NC(=O)c2c(-c3cc(OC)c(OC)c(OC)c3)[nH]c3c(C#N)cnn23)cc(OC)c1. The van der Waals surface area contributed by atoms with E-state index >= 15 is 0 Å². The first-order chi connectivity index (χ1) is 17.0. The fourth-order valence-corrected chi connectivity index (χ4v) is 3.72. The van der Waals surface area contributed by atoms with E-state index in [2.05, 4.69) is 21.5 Å². The van der Waals surface area contributed by atoms with Crippen LogP contribution in [0, 0.1) is 11.3 Å². The molecule has 0 aliphatic carbocycles. The van der Waals surface area contributed by atoms with Crippen LogP contribution in [0.5, 0.6) is 28.7 Å². The number of anilines is 1. The molecule has 0 bridgehead atoms. The van der Waals surface area contributed by atoms with Crippen molar-refractivity contribution in [2.45, 2.75) is 0 Å². The van der Waals surface area contributed by atoms with Gasteiger partial charge in [-0.15, -0.1) is 0 Å². The Kier molecular flexibility index (Phi) is 6.37. The van der Waals surface area contributed by atoms with Crippen LogP contribution in [0.15, 0.2) is 36.5 Å². The molecule has 2 N–H and O–H groups in total. The molecule has 0 spiro atoms. The minimum Gasteiger partial charge on any atom is -0.497 e. The summed E-state index contributed by atoms with van der Waals surface area (Å²) < 4.78 is 28.3. The summed E-state index contributed by atoms with van der Waals surface area (Å²) in [5.74, 6) is 1.74. The van der Waals surface area contributed by atoms with Gasteiger partial charge in [-0.2, -0.15) is 10.4 Å². The number of amides is 1. The van der Waals surface area contributed by atoms with Crippen LogP contribution < -0.4 is 29.0 Å². The van der Waals surface area contributed by atoms with Crippen LogP contribution in [0.3, 0.4) is 0 Å². The lowest BCUT2D eigenvalue weighted by Gasteiger charge is -2.14. The zero-order chi connectivity index (χ0) is 25.1. The predicted molar refractivity (Wildman–Crippen MR) is 127 cm³/mol. The molecule has 0 saturated heterocycles. The average Bonchev–Trinajstić information content (AvgIpc) is 3.46. The zero-order valence-electron chi connectivity index (χ0n) is 19.8. The summed E-state index contributed by atoms with van der Waals surface area (Å²) in [5.41, 5.74) is 2.21. The maximum atomic E-state index is 13.6. The van der Waals surface area contributed by atoms with E-state index in [4.69, 9.17) is 23.7 Å². The van der Waals surface area contributed by atoms with Crippen molar-refractivity contribution in [3.8, 4) is 46.1 Å². The number of nitrogens with one attached hydrogen (secondary N) is 2. The van der Waals surface area contributed by atoms with Crippen molar-refractivity contribution in [1.82, 2.24) is 14.6 Å². The Hall–Kier alpha value is -4.85. The van der Waals surface area contributed by atoms with Crippen LogP contribution in [0.2, 0.25) is 0 Å². The Morgan fingerprint density at radius 2 is 1.57 bits per heavy atom. The molecular weight excluding hydrogens is 454 g/mol. The van der Waals surface area contributed by atoms with Gasteiger partial charge in [0, 0.05) is 29.4 Å². The van der Waals surface area contributed by atoms with E-state index in [0.29, 0.717) is 51.3 Å². The van der Waals surface area contributed by atoms with Gasteiger partial charge in [0.2, 0.25) is 5.75 Å². The molecule has 0 radical (unpaired) electrons. The van der Waals surface area contributed by atoms with Crippen LogP contribution >= 0.6 is 0 Å². The first kappa shape index (κ1) is 23.3. The molecule has 4 rings (SSSR count). The molecule has 0 atom stereocenters. The number of hydrogen-bond donors (Lipinski definition) is 2. The number of nitriles is 1. The summed E-state index contributed by atoms with van der Waals surface area (Å²) in [6, 6.07) is 10.5. The van der Waals surface area contributed by atoms with Crippen LogP contribution in [0.25, 0.3) is 16.9 Å². The summed E-state index contributed by atoms with van der Waals surface area (Å²) in [6.45, 7) is 0. The van der Waals surface area contributed by atoms with Crippen LogP contribution in [-0.4, -0.2) is 56.1 Å². The molecule has 180 valence electrons. The number of ether oxygens (including phenoxy) is 5. The zero-order valence-corrected chi connectivity index (χ0v) is 19.8. The fraction of sp³-hybridized carbons (Fsp3) is 0.208. The molecule has 1 amide bonds. The first-order valence-corrected chi connectivity index (χ1v) is 10.3. The van der Waals surface area contributed by atoms with E-state index in [0.717, 1.165) is 0 Å². The van der Waals surface area contributed by atoms with Gasteiger partial charge in [-0.05, 0) is 12.1 Å². The van der Waals surface area contributed by atoms with Crippen molar-refractivity contribution < 1.29 is 28.5 Å². The summed E-state index contributed by atoms with van der Waals surface area (Å²) >= 11 is 0. The quantitative estimate of drug-likeness (QED) is 0.394. The number of hydrogen-bond acceptors (Lipinski definition) is 8. The number of methoxy groups -OCH3 is 5. The van der Waals surface area contributed by atoms with Crippen LogP contribution in [-0.2, 0) is 0 Å². The Morgan fingerprint density at radius 1 is 0.943 bits per heavy atom. The highest BCUT2D eigenvalue weighted by Crippen LogP contribution is 2.42. The molecule has 0 unspecified atom stereocenters. The molecule has 0 saturated carbocycles. The van der Waals surface area contributed by atoms with E-state index in [9.17, 15) is 10.1 Å². The van der Waals surface area contributed by atoms with E-state index in [-0.39, 0.29) is 11.3 Å². The Labute approximate surface area is 200 Å². The van der Waals surface area contributed by atoms with E-state index in [1.54, 1.807) is 30.3 Å². The first-order valence-electron chi connectivity index (χ1n) is 10.3. The van der Waals surface area contributed by atoms with Gasteiger partial charge in [-0.25, -0.2) is 4.52 Å². The highest BCUT2D eigenvalue weighted by molar-refractivity contribution is 6.08. The molecule has 0 aliphatic rings. The third-order valence-electron chi connectivity index (χ3n) is 5.36. The van der Waals surface area contributed by atoms with Gasteiger partial charge >= 0.3 is 0 Å². The molecule has 11 nitrogen and oxygen atoms in total. The number of H-pyrrole nitrogens is 1. The summed E-state index contributed by atoms with van der Waals surface area (Å²) in [5, 5.41) is 16.6. The lowest BCUT2D eigenvalue weighted by molar-refractivity contribution is 0.102. The molecule has 2 aromatic heterocycles. The molecular formula is C24H23N5O6. The highest BCUT2D eigenvalue weighted by atomic mass is 16.5. The summed E-state index contributed by atoms with van der Waals surface area (Å²) in [7, 11) is 7.54. The minimum atomic E-state index is -0.483. The minimum absolute atomic E-state index is 0.164. The number of rotatable bonds is 8. The third kappa shape index (κ3) is 4.13. The summed E-state index contributed by atoms with van der Waals surface area (Å²) in [4.78, 5) is 16.7. The van der Waals surface area contributed by atoms with E-state index < -0.39 is 5.91 Å². The number of nitrogens with zero attached hydrogens (tertiary/aromatic N) is 3. The Bertz CT molecular complexity index is 1400. The maximum absolute atomic E-state index is 13.6. The number of imidazole rings is 1. The molecule has 2 aromatic carbocycles. The maximum Gasteiger partial charge on any atom is 0.276 e. The second-order valence-corrected chi connectivity index (χ2v) is 7.25. The number of aromatic nitrogens is 3. The fourth-order valence-electron chi connectivity index (χ4n) is 3.72. The van der Waals surface area contributed by atoms with Gasteiger partial charge in [-0.1, -0.05) is 0 Å². The normalized spacial score (nSPS) is 10.5. The number of carbonyl (C=O) groups is 1. The summed E-state index contributed by atoms with van der Waals surface area (Å²) in [6.07, 6.45) is 1.39. The molecule has 11 heteroatoms. The smallest absolute Gasteiger partial charge is 0.276 e. The van der Waals surface area contributed by atoms with Gasteiger partial charge in [0.25, 0.3) is 5.91 Å². The molecule has 4 aromatic rings. The van der Waals surface area contributed by atoms with Crippen molar-refractivity contribution >= 4 is 17.2 Å². The van der Waals surface area contributed by atoms with Gasteiger partial charge in [0.05, 0.1) is 47.4 Å². The number of benzene rings is 2. The van der Waals surface area contributed by atoms with Crippen molar-refractivity contribution in [2.24, 2.45) is 0 Å². The van der Waals surface area contributed by atoms with Gasteiger partial charge in [0.1, 0.15) is 23.1 Å². The van der Waals surface area contributed by atoms with Gasteiger partial charge < -0.3 is 34.0 Å². The van der Waals surface area contributed by atoms with E-state index in [1.165, 1.54) is 46.3 Å². The van der Waals surface area contributed by atoms with Crippen LogP contribution in [0.1, 0.15) is 16.1 Å². The van der Waals surface area contributed by atoms with Crippen molar-refractivity contribution in [3.05, 3.63) is 47.8 Å². The molecule has 2 heterocycles. The predicted octanol–water partition coefficient (Wildman–Crippen LogP) is 3.50. The number of aromatic amines is 1. The van der Waals surface area contributed by atoms with Crippen molar-refractivity contribution in [1.29, 1.82) is 5.26 Å². The van der Waals surface area contributed by atoms with Gasteiger partial charge in [-0.3, -0.25) is 4.79 Å². The van der Waals surface area contributed by atoms with Gasteiger partial charge in [0.15, 0.2) is 22.8 Å². The third-order valence-corrected chi connectivity index (χ3v) is 5.36. The van der Waals surface area contributed by atoms with Crippen molar-refractivity contribution in [3.63, 3.8) is 0 Å². The monoisotopic (exact) mass is 477 g/mol. The Morgan fingerprint density at radius 3 is 2.09 bits per heavy atom. The highest BCUT2D eigenvalue weighted by Gasteiger charge is 2.25. The molecule has 0 aliphatic heterocycles. The Balaban J connectivity index is 1.89. The number of fused-ring (bicyclic) bond motifs is 1. The molecule has 35 heavy (non-hydrogen) atoms. The lowest BCUT2D eigenvalue weighted by atomic mass is 10.1. The largest absolute Gasteiger partial charge is 0.497 e. The van der Waals surface area contributed by atoms with Crippen LogP contribution in [0.4, 0.5) is 5.69 Å². The second kappa shape index (κ2) is 9.56. The number of carbonyl (C=O) groups excluding carboxylic acids is 1. The molecule has 0 fully saturated rings. The topological polar surface area (TPSA) is 132 Å². The van der Waals surface area contributed by atoms with E-state index in [1.807, 2.05) is 0 Å². The lowest BCUT2D eigenvalue weighted by Crippen LogP contribution is -2.16. The average molecular weight is 477 g/mol. The van der Waals surface area contributed by atoms with Crippen molar-refractivity contribution in [2.75, 3.05) is 40.9 Å². The second-order valence-electron chi connectivity index (χ2n) is 7.25.